The summed E-state index contributed by atoms with van der Waals surface area (Å²) in [5, 5.41) is 5.45. The second kappa shape index (κ2) is 9.71. The van der Waals surface area contributed by atoms with Crippen molar-refractivity contribution in [1.82, 2.24) is 20.4 Å². The first kappa shape index (κ1) is 21.2. The van der Waals surface area contributed by atoms with Gasteiger partial charge in [-0.05, 0) is 38.6 Å². The van der Waals surface area contributed by atoms with E-state index in [1.54, 1.807) is 0 Å². The first-order valence-electron chi connectivity index (χ1n) is 9.56. The molecule has 7 nitrogen and oxygen atoms in total. The topological polar surface area (TPSA) is 67.9 Å². The smallest absolute Gasteiger partial charge is 0.309 e. The molecule has 1 aliphatic heterocycles. The van der Waals surface area contributed by atoms with E-state index < -0.39 is 11.8 Å². The molecule has 2 rings (SSSR count). The minimum absolute atomic E-state index is 0.0470. The van der Waals surface area contributed by atoms with Gasteiger partial charge in [-0.2, -0.15) is 0 Å². The summed E-state index contributed by atoms with van der Waals surface area (Å²) in [4.78, 5) is 30.8. The van der Waals surface area contributed by atoms with Gasteiger partial charge in [0.05, 0.1) is 6.04 Å². The zero-order valence-electron chi connectivity index (χ0n) is 17.2. The Morgan fingerprint density at radius 1 is 1.04 bits per heavy atom. The summed E-state index contributed by atoms with van der Waals surface area (Å²) in [5.41, 5.74) is 2.28. The minimum atomic E-state index is -0.579. The predicted molar refractivity (Wildman–Crippen MR) is 109 cm³/mol. The van der Waals surface area contributed by atoms with Crippen molar-refractivity contribution in [3.05, 3.63) is 29.8 Å². The maximum Gasteiger partial charge on any atom is 0.309 e. The number of hydrogen-bond donors (Lipinski definition) is 2. The number of likely N-dealkylation sites (N-methyl/N-ethyl adjacent to an activating group) is 1. The highest BCUT2D eigenvalue weighted by molar-refractivity contribution is 6.35. The summed E-state index contributed by atoms with van der Waals surface area (Å²) >= 11 is 0. The van der Waals surface area contributed by atoms with Gasteiger partial charge in [0.2, 0.25) is 0 Å². The van der Waals surface area contributed by atoms with Gasteiger partial charge < -0.3 is 20.4 Å². The van der Waals surface area contributed by atoms with Crippen molar-refractivity contribution in [2.75, 3.05) is 58.8 Å². The number of hydrogen-bond acceptors (Lipinski definition) is 5. The number of nitrogens with zero attached hydrogens (tertiary/aromatic N) is 3. The van der Waals surface area contributed by atoms with Gasteiger partial charge in [-0.1, -0.05) is 12.1 Å². The molecular formula is C20H33N5O2. The SMILES string of the molecule is CC(C)NC(=O)C(=O)NC[C@@H](c1ccc(N(C)C)cc1)N1CCN(C)CC1. The Balaban J connectivity index is 2.10. The van der Waals surface area contributed by atoms with E-state index in [0.29, 0.717) is 6.54 Å². The lowest BCUT2D eigenvalue weighted by Gasteiger charge is -2.38. The van der Waals surface area contributed by atoms with Crippen molar-refractivity contribution in [2.24, 2.45) is 0 Å². The second-order valence-electron chi connectivity index (χ2n) is 7.68. The van der Waals surface area contributed by atoms with Crippen LogP contribution in [-0.2, 0) is 9.59 Å². The molecule has 0 spiro atoms. The molecule has 1 saturated heterocycles. The molecule has 1 aliphatic rings. The summed E-state index contributed by atoms with van der Waals surface area (Å²) in [5.74, 6) is -1.15. The molecule has 1 heterocycles. The number of carbonyl (C=O) groups excluding carboxylic acids is 2. The van der Waals surface area contributed by atoms with Gasteiger partial charge >= 0.3 is 11.8 Å². The first-order valence-corrected chi connectivity index (χ1v) is 9.56. The van der Waals surface area contributed by atoms with Crippen molar-refractivity contribution in [3.8, 4) is 0 Å². The molecule has 1 aromatic rings. The van der Waals surface area contributed by atoms with Crippen molar-refractivity contribution in [2.45, 2.75) is 25.9 Å². The summed E-state index contributed by atoms with van der Waals surface area (Å²) in [6.45, 7) is 7.95. The molecule has 2 amide bonds. The molecule has 1 fully saturated rings. The Bertz CT molecular complexity index is 622. The quantitative estimate of drug-likeness (QED) is 0.716. The molecule has 0 bridgehead atoms. The van der Waals surface area contributed by atoms with E-state index in [1.807, 2.05) is 27.9 Å². The van der Waals surface area contributed by atoms with Crippen LogP contribution in [0.4, 0.5) is 5.69 Å². The Morgan fingerprint density at radius 2 is 1.63 bits per heavy atom. The van der Waals surface area contributed by atoms with Crippen LogP contribution in [0.1, 0.15) is 25.5 Å². The number of amides is 2. The third-order valence-corrected chi connectivity index (χ3v) is 4.85. The van der Waals surface area contributed by atoms with E-state index in [-0.39, 0.29) is 12.1 Å². The summed E-state index contributed by atoms with van der Waals surface area (Å²) in [7, 11) is 6.15. The van der Waals surface area contributed by atoms with Gasteiger partial charge in [0, 0.05) is 58.5 Å². The number of nitrogens with one attached hydrogen (secondary N) is 2. The van der Waals surface area contributed by atoms with Crippen molar-refractivity contribution in [3.63, 3.8) is 0 Å². The minimum Gasteiger partial charge on any atom is -0.378 e. The van der Waals surface area contributed by atoms with Crippen molar-refractivity contribution < 1.29 is 9.59 Å². The number of benzene rings is 1. The lowest BCUT2D eigenvalue weighted by molar-refractivity contribution is -0.139. The van der Waals surface area contributed by atoms with Crippen LogP contribution in [0.5, 0.6) is 0 Å². The van der Waals surface area contributed by atoms with Gasteiger partial charge in [0.25, 0.3) is 0 Å². The summed E-state index contributed by atoms with van der Waals surface area (Å²) in [6, 6.07) is 8.38. The summed E-state index contributed by atoms with van der Waals surface area (Å²) < 4.78 is 0. The second-order valence-corrected chi connectivity index (χ2v) is 7.68. The first-order chi connectivity index (χ1) is 12.8. The van der Waals surface area contributed by atoms with E-state index in [9.17, 15) is 9.59 Å². The molecule has 1 aromatic carbocycles. The fourth-order valence-corrected chi connectivity index (χ4v) is 3.18. The normalized spacial score (nSPS) is 16.8. The van der Waals surface area contributed by atoms with Crippen LogP contribution < -0.4 is 15.5 Å². The molecule has 150 valence electrons. The molecule has 0 radical (unpaired) electrons. The van der Waals surface area contributed by atoms with Crippen LogP contribution in [-0.4, -0.2) is 81.5 Å². The fraction of sp³-hybridized carbons (Fsp3) is 0.600. The molecule has 0 aromatic heterocycles. The molecule has 7 heteroatoms. The third-order valence-electron chi connectivity index (χ3n) is 4.85. The highest BCUT2D eigenvalue weighted by atomic mass is 16.2. The zero-order valence-corrected chi connectivity index (χ0v) is 17.2. The average molecular weight is 376 g/mol. The Labute approximate surface area is 162 Å². The molecule has 0 saturated carbocycles. The molecule has 0 unspecified atom stereocenters. The largest absolute Gasteiger partial charge is 0.378 e. The highest BCUT2D eigenvalue weighted by Gasteiger charge is 2.25. The predicted octanol–water partition coefficient (Wildman–Crippen LogP) is 0.682. The van der Waals surface area contributed by atoms with Gasteiger partial charge in [0.1, 0.15) is 0 Å². The summed E-state index contributed by atoms with van der Waals surface area (Å²) in [6.07, 6.45) is 0. The Morgan fingerprint density at radius 3 is 2.15 bits per heavy atom. The lowest BCUT2D eigenvalue weighted by atomic mass is 10.0. The maximum atomic E-state index is 12.1. The molecule has 27 heavy (non-hydrogen) atoms. The number of piperazine rings is 1. The lowest BCUT2D eigenvalue weighted by Crippen LogP contribution is -2.50. The van der Waals surface area contributed by atoms with E-state index in [1.165, 1.54) is 0 Å². The van der Waals surface area contributed by atoms with Gasteiger partial charge in [-0.25, -0.2) is 0 Å². The van der Waals surface area contributed by atoms with Crippen molar-refractivity contribution >= 4 is 17.5 Å². The van der Waals surface area contributed by atoms with Crippen molar-refractivity contribution in [1.29, 1.82) is 0 Å². The van der Waals surface area contributed by atoms with Crippen LogP contribution in [0.3, 0.4) is 0 Å². The van der Waals surface area contributed by atoms with Crippen LogP contribution in [0, 0.1) is 0 Å². The van der Waals surface area contributed by atoms with Crippen LogP contribution in [0.2, 0.25) is 0 Å². The molecule has 0 aliphatic carbocycles. The van der Waals surface area contributed by atoms with Crippen LogP contribution in [0.25, 0.3) is 0 Å². The Hall–Kier alpha value is -2.12. The maximum absolute atomic E-state index is 12.1. The number of carbonyl (C=O) groups is 2. The third kappa shape index (κ3) is 6.22. The van der Waals surface area contributed by atoms with Gasteiger partial charge in [0.15, 0.2) is 0 Å². The Kier molecular flexibility index (Phi) is 7.62. The highest BCUT2D eigenvalue weighted by Crippen LogP contribution is 2.24. The van der Waals surface area contributed by atoms with Gasteiger partial charge in [-0.15, -0.1) is 0 Å². The standard InChI is InChI=1S/C20H33N5O2/c1-15(2)22-20(27)19(26)21-14-18(25-12-10-24(5)11-13-25)16-6-8-17(9-7-16)23(3)4/h6-9,15,18H,10-14H2,1-5H3,(H,21,26)(H,22,27)/t18-/m0/s1. The molecule has 2 N–H and O–H groups in total. The van der Waals surface area contributed by atoms with E-state index in [2.05, 4.69) is 56.6 Å². The zero-order chi connectivity index (χ0) is 20.0. The van der Waals surface area contributed by atoms with E-state index in [0.717, 1.165) is 37.4 Å². The monoisotopic (exact) mass is 375 g/mol. The van der Waals surface area contributed by atoms with E-state index >= 15 is 0 Å². The average Bonchev–Trinajstić information content (AvgIpc) is 2.63. The fourth-order valence-electron chi connectivity index (χ4n) is 3.18. The number of anilines is 1. The molecule has 1 atom stereocenters. The van der Waals surface area contributed by atoms with Crippen LogP contribution >= 0.6 is 0 Å². The number of rotatable bonds is 6. The van der Waals surface area contributed by atoms with Crippen LogP contribution in [0.15, 0.2) is 24.3 Å². The van der Waals surface area contributed by atoms with E-state index in [4.69, 9.17) is 0 Å². The molecular weight excluding hydrogens is 342 g/mol. The van der Waals surface area contributed by atoms with Gasteiger partial charge in [-0.3, -0.25) is 14.5 Å².